The van der Waals surface area contributed by atoms with Gasteiger partial charge in [-0.25, -0.2) is 0 Å². The highest BCUT2D eigenvalue weighted by molar-refractivity contribution is 7.16. The predicted octanol–water partition coefficient (Wildman–Crippen LogP) is 3.32. The van der Waals surface area contributed by atoms with E-state index in [-0.39, 0.29) is 12.6 Å². The van der Waals surface area contributed by atoms with Gasteiger partial charge in [0.1, 0.15) is 6.54 Å². The zero-order valence-corrected chi connectivity index (χ0v) is 17.8. The Morgan fingerprint density at radius 1 is 1.18 bits per heavy atom. The van der Waals surface area contributed by atoms with E-state index in [0.29, 0.717) is 10.5 Å². The van der Waals surface area contributed by atoms with Gasteiger partial charge in [0, 0.05) is 11.7 Å². The molecule has 8 heteroatoms. The number of aryl methyl sites for hydroxylation is 3. The lowest BCUT2D eigenvalue weighted by Gasteiger charge is -2.06. The summed E-state index contributed by atoms with van der Waals surface area (Å²) in [5, 5.41) is 4.37. The number of rotatable bonds is 4. The SMILES string of the molecule is COC(=O)Cn1c(=NC(=O)c2cc(C)n(C(C)C)n2)sc2cc(C)c(C)cc21. The summed E-state index contributed by atoms with van der Waals surface area (Å²) >= 11 is 1.37. The molecule has 3 aromatic rings. The molecule has 0 spiro atoms. The van der Waals surface area contributed by atoms with Gasteiger partial charge in [0.2, 0.25) is 0 Å². The number of carbonyl (C=O) groups excluding carboxylic acids is 2. The minimum Gasteiger partial charge on any atom is -0.468 e. The number of hydrogen-bond acceptors (Lipinski definition) is 5. The molecular weight excluding hydrogens is 376 g/mol. The maximum Gasteiger partial charge on any atom is 0.325 e. The van der Waals surface area contributed by atoms with Crippen molar-refractivity contribution >= 4 is 33.4 Å². The summed E-state index contributed by atoms with van der Waals surface area (Å²) in [6.45, 7) is 9.95. The summed E-state index contributed by atoms with van der Waals surface area (Å²) in [6.07, 6.45) is 0. The molecule has 1 amide bonds. The molecule has 28 heavy (non-hydrogen) atoms. The molecule has 0 aliphatic heterocycles. The average Bonchev–Trinajstić information content (AvgIpc) is 3.17. The summed E-state index contributed by atoms with van der Waals surface area (Å²) in [5.41, 5.74) is 4.30. The molecule has 2 heterocycles. The summed E-state index contributed by atoms with van der Waals surface area (Å²) in [7, 11) is 1.34. The molecule has 0 N–H and O–H groups in total. The van der Waals surface area contributed by atoms with E-state index >= 15 is 0 Å². The highest BCUT2D eigenvalue weighted by Gasteiger charge is 2.16. The third-order valence-corrected chi connectivity index (χ3v) is 5.68. The molecule has 0 bridgehead atoms. The monoisotopic (exact) mass is 400 g/mol. The van der Waals surface area contributed by atoms with E-state index in [1.165, 1.54) is 18.4 Å². The lowest BCUT2D eigenvalue weighted by Crippen LogP contribution is -2.22. The molecular formula is C20H24N4O3S. The maximum atomic E-state index is 12.8. The molecule has 0 aliphatic carbocycles. The Morgan fingerprint density at radius 2 is 1.86 bits per heavy atom. The average molecular weight is 401 g/mol. The lowest BCUT2D eigenvalue weighted by molar-refractivity contribution is -0.141. The Kier molecular flexibility index (Phi) is 5.51. The predicted molar refractivity (Wildman–Crippen MR) is 109 cm³/mol. The highest BCUT2D eigenvalue weighted by atomic mass is 32.1. The molecule has 0 aliphatic rings. The van der Waals surface area contributed by atoms with Crippen LogP contribution in [0.4, 0.5) is 0 Å². The normalized spacial score (nSPS) is 12.2. The van der Waals surface area contributed by atoms with Crippen LogP contribution < -0.4 is 4.80 Å². The van der Waals surface area contributed by atoms with Gasteiger partial charge in [-0.1, -0.05) is 11.3 Å². The van der Waals surface area contributed by atoms with Crippen molar-refractivity contribution in [1.29, 1.82) is 0 Å². The standard InChI is InChI=1S/C20H24N4O3S/c1-11(2)24-14(5)9-15(22-24)19(26)21-20-23(10-18(25)27-6)16-7-12(3)13(4)8-17(16)28-20/h7-9,11H,10H2,1-6H3. The number of amides is 1. The van der Waals surface area contributed by atoms with Crippen LogP contribution >= 0.6 is 11.3 Å². The van der Waals surface area contributed by atoms with Crippen molar-refractivity contribution in [2.45, 2.75) is 47.2 Å². The molecule has 0 atom stereocenters. The van der Waals surface area contributed by atoms with E-state index in [1.807, 2.05) is 46.8 Å². The zero-order valence-electron chi connectivity index (χ0n) is 16.9. The van der Waals surface area contributed by atoms with Crippen molar-refractivity contribution in [2.24, 2.45) is 4.99 Å². The Bertz CT molecular complexity index is 1130. The van der Waals surface area contributed by atoms with Gasteiger partial charge >= 0.3 is 5.97 Å². The fourth-order valence-electron chi connectivity index (χ4n) is 3.01. The van der Waals surface area contributed by atoms with E-state index < -0.39 is 11.9 Å². The number of ether oxygens (including phenoxy) is 1. The lowest BCUT2D eigenvalue weighted by atomic mass is 10.1. The number of nitrogens with zero attached hydrogens (tertiary/aromatic N) is 4. The number of esters is 1. The van der Waals surface area contributed by atoms with Gasteiger partial charge in [0.15, 0.2) is 10.5 Å². The number of benzene rings is 1. The van der Waals surface area contributed by atoms with Crippen molar-refractivity contribution < 1.29 is 14.3 Å². The second-order valence-corrected chi connectivity index (χ2v) is 8.09. The Morgan fingerprint density at radius 3 is 2.46 bits per heavy atom. The van der Waals surface area contributed by atoms with Gasteiger partial charge in [-0.2, -0.15) is 10.1 Å². The number of fused-ring (bicyclic) bond motifs is 1. The largest absolute Gasteiger partial charge is 0.468 e. The van der Waals surface area contributed by atoms with Crippen LogP contribution in [-0.2, 0) is 16.1 Å². The first-order chi connectivity index (χ1) is 13.2. The molecule has 0 unspecified atom stereocenters. The van der Waals surface area contributed by atoms with Crippen molar-refractivity contribution in [3.63, 3.8) is 0 Å². The molecule has 7 nitrogen and oxygen atoms in total. The number of aromatic nitrogens is 3. The van der Waals surface area contributed by atoms with Gasteiger partial charge in [-0.3, -0.25) is 14.3 Å². The zero-order chi connectivity index (χ0) is 20.6. The van der Waals surface area contributed by atoms with Crippen LogP contribution in [0.2, 0.25) is 0 Å². The molecule has 148 valence electrons. The molecule has 3 rings (SSSR count). The first kappa shape index (κ1) is 20.0. The minimum absolute atomic E-state index is 0.00935. The summed E-state index contributed by atoms with van der Waals surface area (Å²) < 4.78 is 9.30. The Balaban J connectivity index is 2.15. The van der Waals surface area contributed by atoms with E-state index in [2.05, 4.69) is 10.1 Å². The Hall–Kier alpha value is -2.74. The molecule has 0 radical (unpaired) electrons. The van der Waals surface area contributed by atoms with Crippen molar-refractivity contribution in [2.75, 3.05) is 7.11 Å². The number of hydrogen-bond donors (Lipinski definition) is 0. The topological polar surface area (TPSA) is 78.5 Å². The van der Waals surface area contributed by atoms with Gasteiger partial charge in [0.05, 0.1) is 17.3 Å². The third kappa shape index (κ3) is 3.77. The van der Waals surface area contributed by atoms with E-state index in [1.54, 1.807) is 15.3 Å². The van der Waals surface area contributed by atoms with Gasteiger partial charge < -0.3 is 9.30 Å². The summed E-state index contributed by atoms with van der Waals surface area (Å²) in [4.78, 5) is 29.4. The van der Waals surface area contributed by atoms with E-state index in [0.717, 1.165) is 27.0 Å². The molecule has 0 saturated heterocycles. The first-order valence-corrected chi connectivity index (χ1v) is 9.85. The van der Waals surface area contributed by atoms with Crippen LogP contribution in [0.15, 0.2) is 23.2 Å². The number of thiazole rings is 1. The van der Waals surface area contributed by atoms with E-state index in [9.17, 15) is 9.59 Å². The first-order valence-electron chi connectivity index (χ1n) is 9.04. The smallest absolute Gasteiger partial charge is 0.325 e. The fourth-order valence-corrected chi connectivity index (χ4v) is 4.12. The Labute approximate surface area is 167 Å². The van der Waals surface area contributed by atoms with Crippen LogP contribution in [0.1, 0.15) is 47.2 Å². The van der Waals surface area contributed by atoms with Crippen LogP contribution in [0.5, 0.6) is 0 Å². The minimum atomic E-state index is -0.430. The molecule has 0 fully saturated rings. The van der Waals surface area contributed by atoms with Crippen LogP contribution in [0.25, 0.3) is 10.2 Å². The number of methoxy groups -OCH3 is 1. The van der Waals surface area contributed by atoms with Gasteiger partial charge in [-0.15, -0.1) is 0 Å². The number of carbonyl (C=O) groups is 2. The van der Waals surface area contributed by atoms with Crippen molar-refractivity contribution in [3.05, 3.63) is 45.5 Å². The van der Waals surface area contributed by atoms with Crippen LogP contribution in [-0.4, -0.2) is 33.3 Å². The molecule has 2 aromatic heterocycles. The summed E-state index contributed by atoms with van der Waals surface area (Å²) in [6, 6.07) is 5.94. The van der Waals surface area contributed by atoms with Gasteiger partial charge in [-0.05, 0) is 63.9 Å². The highest BCUT2D eigenvalue weighted by Crippen LogP contribution is 2.22. The second kappa shape index (κ2) is 7.71. The van der Waals surface area contributed by atoms with Crippen LogP contribution in [0.3, 0.4) is 0 Å². The fraction of sp³-hybridized carbons (Fsp3) is 0.400. The second-order valence-electron chi connectivity index (χ2n) is 7.08. The molecule has 0 saturated carbocycles. The van der Waals surface area contributed by atoms with Crippen LogP contribution in [0, 0.1) is 20.8 Å². The summed E-state index contributed by atoms with van der Waals surface area (Å²) in [5.74, 6) is -0.826. The van der Waals surface area contributed by atoms with Gasteiger partial charge in [0.25, 0.3) is 5.91 Å². The maximum absolute atomic E-state index is 12.8. The van der Waals surface area contributed by atoms with E-state index in [4.69, 9.17) is 4.74 Å². The molecule has 1 aromatic carbocycles. The quantitative estimate of drug-likeness (QED) is 0.630. The van der Waals surface area contributed by atoms with Crippen molar-refractivity contribution in [3.8, 4) is 0 Å². The third-order valence-electron chi connectivity index (χ3n) is 4.64. The van der Waals surface area contributed by atoms with Crippen molar-refractivity contribution in [1.82, 2.24) is 14.3 Å².